The Kier molecular flexibility index (Phi) is 4.58. The summed E-state index contributed by atoms with van der Waals surface area (Å²) in [6.45, 7) is 4.25. The van der Waals surface area contributed by atoms with Crippen molar-refractivity contribution in [3.05, 3.63) is 41.3 Å². The molecule has 2 aromatic heterocycles. The lowest BCUT2D eigenvalue weighted by Gasteiger charge is -2.00. The van der Waals surface area contributed by atoms with Gasteiger partial charge in [-0.05, 0) is 38.1 Å². The van der Waals surface area contributed by atoms with Gasteiger partial charge in [-0.25, -0.2) is 9.78 Å². The number of aromatic carboxylic acids is 1. The summed E-state index contributed by atoms with van der Waals surface area (Å²) >= 11 is 3.12. The van der Waals surface area contributed by atoms with Gasteiger partial charge in [-0.3, -0.25) is 0 Å². The number of aromatic nitrogens is 1. The molecule has 0 spiro atoms. The van der Waals surface area contributed by atoms with Gasteiger partial charge >= 0.3 is 5.97 Å². The summed E-state index contributed by atoms with van der Waals surface area (Å²) in [5, 5.41) is 9.04. The number of hydrogen-bond acceptors (Lipinski definition) is 6. The third-order valence-corrected chi connectivity index (χ3v) is 5.37. The van der Waals surface area contributed by atoms with Crippen LogP contribution in [0.4, 0.5) is 0 Å². The van der Waals surface area contributed by atoms with Gasteiger partial charge in [0.1, 0.15) is 22.8 Å². The van der Waals surface area contributed by atoms with Crippen LogP contribution in [0.1, 0.15) is 28.8 Å². The van der Waals surface area contributed by atoms with E-state index in [1.807, 2.05) is 25.1 Å². The minimum absolute atomic E-state index is 0.214. The standard InChI is InChI=1S/C16H15NO4S2/c1-3-20-10-4-5-13-14(7-10)23-16(17-13)22-8-11-6-12(15(18)19)9(2)21-11/h4-7H,3,8H2,1-2H3,(H,18,19). The van der Waals surface area contributed by atoms with Gasteiger partial charge in [0, 0.05) is 0 Å². The Labute approximate surface area is 141 Å². The molecule has 1 aromatic carbocycles. The predicted molar refractivity (Wildman–Crippen MR) is 90.8 cm³/mol. The number of benzene rings is 1. The van der Waals surface area contributed by atoms with Gasteiger partial charge in [-0.15, -0.1) is 11.3 Å². The number of carbonyl (C=O) groups is 1. The number of hydrogen-bond donors (Lipinski definition) is 1. The number of furan rings is 1. The van der Waals surface area contributed by atoms with E-state index in [0.29, 0.717) is 23.9 Å². The minimum Gasteiger partial charge on any atom is -0.494 e. The quantitative estimate of drug-likeness (QED) is 0.656. The zero-order valence-electron chi connectivity index (χ0n) is 12.7. The van der Waals surface area contributed by atoms with Crippen LogP contribution in [0.3, 0.4) is 0 Å². The van der Waals surface area contributed by atoms with Crippen LogP contribution in [0.25, 0.3) is 10.2 Å². The second-order valence-electron chi connectivity index (χ2n) is 4.82. The topological polar surface area (TPSA) is 72.6 Å². The number of ether oxygens (including phenoxy) is 1. The maximum Gasteiger partial charge on any atom is 0.339 e. The minimum atomic E-state index is -0.967. The molecule has 0 saturated carbocycles. The Morgan fingerprint density at radius 3 is 2.96 bits per heavy atom. The van der Waals surface area contributed by atoms with Crippen LogP contribution in [0.15, 0.2) is 33.0 Å². The summed E-state index contributed by atoms with van der Waals surface area (Å²) in [4.78, 5) is 15.6. The van der Waals surface area contributed by atoms with Crippen LogP contribution in [0.2, 0.25) is 0 Å². The van der Waals surface area contributed by atoms with E-state index >= 15 is 0 Å². The van der Waals surface area contributed by atoms with E-state index in [1.165, 1.54) is 11.8 Å². The highest BCUT2D eigenvalue weighted by atomic mass is 32.2. The molecule has 1 N–H and O–H groups in total. The number of carboxylic acids is 1. The fourth-order valence-electron chi connectivity index (χ4n) is 2.16. The molecule has 0 saturated heterocycles. The second kappa shape index (κ2) is 6.64. The molecule has 0 amide bonds. The number of fused-ring (bicyclic) bond motifs is 1. The van der Waals surface area contributed by atoms with Gasteiger partial charge in [0.15, 0.2) is 4.34 Å². The molecule has 0 aliphatic rings. The zero-order valence-corrected chi connectivity index (χ0v) is 14.3. The van der Waals surface area contributed by atoms with E-state index in [0.717, 1.165) is 20.3 Å². The molecule has 0 aliphatic heterocycles. The van der Waals surface area contributed by atoms with Crippen molar-refractivity contribution in [2.45, 2.75) is 23.9 Å². The first-order valence-corrected chi connectivity index (χ1v) is 8.86. The van der Waals surface area contributed by atoms with Gasteiger partial charge in [0.05, 0.1) is 22.6 Å². The van der Waals surface area contributed by atoms with Crippen LogP contribution in [0.5, 0.6) is 5.75 Å². The highest BCUT2D eigenvalue weighted by Crippen LogP contribution is 2.34. The molecule has 0 unspecified atom stereocenters. The molecule has 3 rings (SSSR count). The maximum absolute atomic E-state index is 11.0. The van der Waals surface area contributed by atoms with Gasteiger partial charge in [0.2, 0.25) is 0 Å². The number of aryl methyl sites for hydroxylation is 1. The molecule has 5 nitrogen and oxygen atoms in total. The summed E-state index contributed by atoms with van der Waals surface area (Å²) in [5.41, 5.74) is 1.15. The van der Waals surface area contributed by atoms with Gasteiger partial charge < -0.3 is 14.3 Å². The van der Waals surface area contributed by atoms with E-state index in [2.05, 4.69) is 4.98 Å². The lowest BCUT2D eigenvalue weighted by molar-refractivity contribution is 0.0695. The van der Waals surface area contributed by atoms with Crippen LogP contribution in [0, 0.1) is 6.92 Å². The van der Waals surface area contributed by atoms with E-state index < -0.39 is 5.97 Å². The predicted octanol–water partition coefficient (Wildman–Crippen LogP) is 4.59. The van der Waals surface area contributed by atoms with Crippen LogP contribution in [-0.2, 0) is 5.75 Å². The SMILES string of the molecule is CCOc1ccc2nc(SCc3cc(C(=O)O)c(C)o3)sc2c1. The lowest BCUT2D eigenvalue weighted by atomic mass is 10.2. The Bertz CT molecular complexity index is 853. The molecular formula is C16H15NO4S2. The van der Waals surface area contributed by atoms with E-state index in [1.54, 1.807) is 24.3 Å². The first-order chi connectivity index (χ1) is 11.1. The first-order valence-electron chi connectivity index (χ1n) is 7.05. The molecule has 120 valence electrons. The molecule has 2 heterocycles. The Balaban J connectivity index is 1.74. The second-order valence-corrected chi connectivity index (χ2v) is 7.07. The van der Waals surface area contributed by atoms with Crippen molar-refractivity contribution in [3.8, 4) is 5.75 Å². The summed E-state index contributed by atoms with van der Waals surface area (Å²) < 4.78 is 13.0. The Hall–Kier alpha value is -1.99. The monoisotopic (exact) mass is 349 g/mol. The summed E-state index contributed by atoms with van der Waals surface area (Å²) in [6, 6.07) is 7.42. The average molecular weight is 349 g/mol. The molecule has 7 heteroatoms. The van der Waals surface area contributed by atoms with Crippen molar-refractivity contribution >= 4 is 39.3 Å². The Morgan fingerprint density at radius 1 is 1.43 bits per heavy atom. The number of carboxylic acid groups (broad SMARTS) is 1. The van der Waals surface area contributed by atoms with Crippen LogP contribution in [-0.4, -0.2) is 22.7 Å². The number of thiazole rings is 1. The Morgan fingerprint density at radius 2 is 2.26 bits per heavy atom. The van der Waals surface area contributed by atoms with Crippen molar-refractivity contribution in [2.24, 2.45) is 0 Å². The highest BCUT2D eigenvalue weighted by Gasteiger charge is 2.14. The fraction of sp³-hybridized carbons (Fsp3) is 0.250. The average Bonchev–Trinajstić information content (AvgIpc) is 3.08. The molecule has 3 aromatic rings. The van der Waals surface area contributed by atoms with Gasteiger partial charge in [-0.2, -0.15) is 0 Å². The van der Waals surface area contributed by atoms with Gasteiger partial charge in [0.25, 0.3) is 0 Å². The highest BCUT2D eigenvalue weighted by molar-refractivity contribution is 8.00. The number of thioether (sulfide) groups is 1. The molecule has 0 atom stereocenters. The zero-order chi connectivity index (χ0) is 16.4. The first kappa shape index (κ1) is 15.9. The molecule has 0 fully saturated rings. The van der Waals surface area contributed by atoms with Gasteiger partial charge in [-0.1, -0.05) is 11.8 Å². The largest absolute Gasteiger partial charge is 0.494 e. The molecular weight excluding hydrogens is 334 g/mol. The fourth-order valence-corrected chi connectivity index (χ4v) is 4.14. The summed E-state index contributed by atoms with van der Waals surface area (Å²) in [5.74, 6) is 1.49. The summed E-state index contributed by atoms with van der Waals surface area (Å²) in [7, 11) is 0. The van der Waals surface area contributed by atoms with Crippen LogP contribution < -0.4 is 4.74 Å². The lowest BCUT2D eigenvalue weighted by Crippen LogP contribution is -1.94. The van der Waals surface area contributed by atoms with Crippen molar-refractivity contribution in [3.63, 3.8) is 0 Å². The van der Waals surface area contributed by atoms with Crippen LogP contribution >= 0.6 is 23.1 Å². The molecule has 0 aliphatic carbocycles. The van der Waals surface area contributed by atoms with Crippen molar-refractivity contribution in [2.75, 3.05) is 6.61 Å². The normalized spacial score (nSPS) is 11.0. The van der Waals surface area contributed by atoms with Crippen molar-refractivity contribution in [1.29, 1.82) is 0 Å². The van der Waals surface area contributed by atoms with Crippen molar-refractivity contribution in [1.82, 2.24) is 4.98 Å². The summed E-state index contributed by atoms with van der Waals surface area (Å²) in [6.07, 6.45) is 0. The molecule has 0 radical (unpaired) electrons. The molecule has 0 bridgehead atoms. The molecule has 23 heavy (non-hydrogen) atoms. The van der Waals surface area contributed by atoms with E-state index in [4.69, 9.17) is 14.3 Å². The van der Waals surface area contributed by atoms with Crippen molar-refractivity contribution < 1.29 is 19.1 Å². The van der Waals surface area contributed by atoms with E-state index in [9.17, 15) is 4.79 Å². The third kappa shape index (κ3) is 3.51. The van der Waals surface area contributed by atoms with E-state index in [-0.39, 0.29) is 5.56 Å². The number of nitrogens with zero attached hydrogens (tertiary/aromatic N) is 1. The smallest absolute Gasteiger partial charge is 0.339 e. The maximum atomic E-state index is 11.0. The number of rotatable bonds is 6. The third-order valence-electron chi connectivity index (χ3n) is 3.19.